The van der Waals surface area contributed by atoms with Crippen molar-refractivity contribution in [3.8, 4) is 6.07 Å². The maximum absolute atomic E-state index is 12.4. The molecule has 1 aliphatic rings. The van der Waals surface area contributed by atoms with Crippen LogP contribution in [0.5, 0.6) is 0 Å². The van der Waals surface area contributed by atoms with Gasteiger partial charge in [0.05, 0.1) is 11.3 Å². The fraction of sp³-hybridized carbons (Fsp3) is 0.176. The average Bonchev–Trinajstić information content (AvgIpc) is 2.56. The van der Waals surface area contributed by atoms with Gasteiger partial charge < -0.3 is 10.3 Å². The molecule has 0 radical (unpaired) electrons. The number of fused-ring (bicyclic) bond motifs is 1. The summed E-state index contributed by atoms with van der Waals surface area (Å²) >= 11 is 5.81. The van der Waals surface area contributed by atoms with Gasteiger partial charge in [-0.25, -0.2) is 0 Å². The first kappa shape index (κ1) is 16.0. The zero-order chi connectivity index (χ0) is 17.3. The molecule has 0 bridgehead atoms. The van der Waals surface area contributed by atoms with E-state index in [1.807, 2.05) is 6.07 Å². The van der Waals surface area contributed by atoms with E-state index >= 15 is 0 Å². The number of nitrogens with zero attached hydrogens (tertiary/aromatic N) is 1. The minimum absolute atomic E-state index is 0.0919. The van der Waals surface area contributed by atoms with Gasteiger partial charge in [0, 0.05) is 22.7 Å². The molecule has 120 valence electrons. The maximum Gasteiger partial charge on any atom is 0.261 e. The highest BCUT2D eigenvalue weighted by molar-refractivity contribution is 6.30. The van der Waals surface area contributed by atoms with Crippen molar-refractivity contribution < 1.29 is 9.59 Å². The number of hydrogen-bond acceptors (Lipinski definition) is 4. The Morgan fingerprint density at radius 1 is 1.25 bits per heavy atom. The summed E-state index contributed by atoms with van der Waals surface area (Å²) in [5, 5.41) is 12.0. The van der Waals surface area contributed by atoms with E-state index in [1.54, 1.807) is 0 Å². The van der Waals surface area contributed by atoms with Gasteiger partial charge in [-0.1, -0.05) is 11.6 Å². The normalized spacial score (nSPS) is 13.1. The third-order valence-electron chi connectivity index (χ3n) is 3.85. The number of carbonyl (C=O) groups is 2. The number of pyridine rings is 1. The fourth-order valence-corrected chi connectivity index (χ4v) is 2.82. The van der Waals surface area contributed by atoms with Gasteiger partial charge in [0.25, 0.3) is 11.5 Å². The van der Waals surface area contributed by atoms with Gasteiger partial charge in [-0.3, -0.25) is 14.4 Å². The van der Waals surface area contributed by atoms with Crippen LogP contribution in [0.15, 0.2) is 29.1 Å². The number of halogens is 1. The van der Waals surface area contributed by atoms with Crippen molar-refractivity contribution in [2.45, 2.75) is 19.3 Å². The number of hydrogen-bond donors (Lipinski definition) is 2. The number of aryl methyl sites for hydroxylation is 1. The summed E-state index contributed by atoms with van der Waals surface area (Å²) < 4.78 is 0. The Morgan fingerprint density at radius 2 is 2.04 bits per heavy atom. The van der Waals surface area contributed by atoms with Gasteiger partial charge in [0.1, 0.15) is 11.6 Å². The van der Waals surface area contributed by atoms with E-state index in [1.165, 1.54) is 24.3 Å². The summed E-state index contributed by atoms with van der Waals surface area (Å²) in [6.07, 6.45) is 1.69. The lowest BCUT2D eigenvalue weighted by Crippen LogP contribution is -2.27. The van der Waals surface area contributed by atoms with Crippen LogP contribution in [-0.4, -0.2) is 16.7 Å². The molecular weight excluding hydrogens is 330 g/mol. The van der Waals surface area contributed by atoms with Crippen molar-refractivity contribution >= 4 is 29.0 Å². The minimum Gasteiger partial charge on any atom is -0.325 e. The quantitative estimate of drug-likeness (QED) is 0.876. The van der Waals surface area contributed by atoms with Crippen LogP contribution in [0.3, 0.4) is 0 Å². The van der Waals surface area contributed by atoms with E-state index in [-0.39, 0.29) is 22.6 Å². The average molecular weight is 342 g/mol. The molecule has 0 fully saturated rings. The number of amides is 1. The highest BCUT2D eigenvalue weighted by Gasteiger charge is 2.22. The summed E-state index contributed by atoms with van der Waals surface area (Å²) in [7, 11) is 0. The van der Waals surface area contributed by atoms with Crippen LogP contribution in [0.4, 0.5) is 5.69 Å². The Bertz CT molecular complexity index is 957. The van der Waals surface area contributed by atoms with E-state index in [0.29, 0.717) is 35.5 Å². The summed E-state index contributed by atoms with van der Waals surface area (Å²) in [4.78, 5) is 39.1. The highest BCUT2D eigenvalue weighted by Crippen LogP contribution is 2.22. The number of ketones is 1. The number of H-pyrrole nitrogens is 1. The number of nitriles is 1. The van der Waals surface area contributed by atoms with Gasteiger partial charge in [0.2, 0.25) is 0 Å². The van der Waals surface area contributed by atoms with E-state index in [0.717, 1.165) is 0 Å². The lowest BCUT2D eigenvalue weighted by atomic mass is 9.93. The fourth-order valence-electron chi connectivity index (χ4n) is 2.65. The number of benzene rings is 1. The van der Waals surface area contributed by atoms with Gasteiger partial charge in [-0.15, -0.1) is 0 Å². The first-order valence-electron chi connectivity index (χ1n) is 7.30. The predicted molar refractivity (Wildman–Crippen MR) is 88.5 cm³/mol. The second kappa shape index (κ2) is 6.30. The smallest absolute Gasteiger partial charge is 0.261 e. The standard InChI is InChI=1S/C17H12ClN3O3/c18-10-4-5-13(9(6-10)8-19)20-16(23)12-7-11-14(21-17(12)24)2-1-3-15(11)22/h4-7H,1-3H2,(H,20,23)(H,21,24). The highest BCUT2D eigenvalue weighted by atomic mass is 35.5. The molecule has 2 N–H and O–H groups in total. The van der Waals surface area contributed by atoms with Gasteiger partial charge >= 0.3 is 0 Å². The first-order valence-corrected chi connectivity index (χ1v) is 7.68. The summed E-state index contributed by atoms with van der Waals surface area (Å²) in [5.41, 5.74) is 0.646. The molecule has 0 saturated carbocycles. The Labute approximate surface area is 142 Å². The van der Waals surface area contributed by atoms with Crippen molar-refractivity contribution in [2.75, 3.05) is 5.32 Å². The third-order valence-corrected chi connectivity index (χ3v) is 4.08. The molecule has 3 rings (SSSR count). The molecule has 0 aliphatic heterocycles. The number of rotatable bonds is 2. The minimum atomic E-state index is -0.684. The summed E-state index contributed by atoms with van der Waals surface area (Å²) in [6, 6.07) is 7.68. The number of aromatic nitrogens is 1. The number of anilines is 1. The molecule has 1 aromatic heterocycles. The third kappa shape index (κ3) is 2.94. The molecule has 0 unspecified atom stereocenters. The van der Waals surface area contributed by atoms with E-state index in [4.69, 9.17) is 16.9 Å². The molecule has 24 heavy (non-hydrogen) atoms. The second-order valence-electron chi connectivity index (χ2n) is 5.44. The first-order chi connectivity index (χ1) is 11.5. The molecule has 1 aromatic carbocycles. The SMILES string of the molecule is N#Cc1cc(Cl)ccc1NC(=O)c1cc2c([nH]c1=O)CCCC2=O. The molecule has 0 spiro atoms. The van der Waals surface area contributed by atoms with E-state index in [9.17, 15) is 14.4 Å². The molecular formula is C17H12ClN3O3. The van der Waals surface area contributed by atoms with Crippen LogP contribution in [0.2, 0.25) is 5.02 Å². The maximum atomic E-state index is 12.4. The monoisotopic (exact) mass is 341 g/mol. The zero-order valence-corrected chi connectivity index (χ0v) is 13.2. The molecule has 1 heterocycles. The summed E-state index contributed by atoms with van der Waals surface area (Å²) in [5.74, 6) is -0.776. The molecule has 6 nitrogen and oxygen atoms in total. The van der Waals surface area contributed by atoms with Crippen molar-refractivity contribution in [3.05, 3.63) is 62.0 Å². The van der Waals surface area contributed by atoms with Gasteiger partial charge in [-0.2, -0.15) is 5.26 Å². The molecule has 0 atom stereocenters. The van der Waals surface area contributed by atoms with Crippen LogP contribution in [-0.2, 0) is 6.42 Å². The Balaban J connectivity index is 1.97. The van der Waals surface area contributed by atoms with Crippen molar-refractivity contribution in [3.63, 3.8) is 0 Å². The van der Waals surface area contributed by atoms with Gasteiger partial charge in [0.15, 0.2) is 5.78 Å². The van der Waals surface area contributed by atoms with Crippen molar-refractivity contribution in [1.29, 1.82) is 5.26 Å². The number of carbonyl (C=O) groups excluding carboxylic acids is 2. The van der Waals surface area contributed by atoms with Crippen LogP contribution in [0.1, 0.15) is 44.8 Å². The predicted octanol–water partition coefficient (Wildman–Crippen LogP) is 2.67. The van der Waals surface area contributed by atoms with Gasteiger partial charge in [-0.05, 0) is 37.1 Å². The topological polar surface area (TPSA) is 103 Å². The van der Waals surface area contributed by atoms with Crippen LogP contribution in [0.25, 0.3) is 0 Å². The number of nitrogens with one attached hydrogen (secondary N) is 2. The van der Waals surface area contributed by atoms with E-state index in [2.05, 4.69) is 10.3 Å². The van der Waals surface area contributed by atoms with Crippen molar-refractivity contribution in [1.82, 2.24) is 4.98 Å². The number of Topliss-reactive ketones (excluding diaryl/α,β-unsaturated/α-hetero) is 1. The molecule has 2 aromatic rings. The summed E-state index contributed by atoms with van der Waals surface area (Å²) in [6.45, 7) is 0. The molecule has 1 amide bonds. The molecule has 7 heteroatoms. The molecule has 0 saturated heterocycles. The lowest BCUT2D eigenvalue weighted by molar-refractivity contribution is 0.0971. The van der Waals surface area contributed by atoms with E-state index < -0.39 is 11.5 Å². The Morgan fingerprint density at radius 3 is 2.79 bits per heavy atom. The van der Waals surface area contributed by atoms with Crippen LogP contribution < -0.4 is 10.9 Å². The molecule has 1 aliphatic carbocycles. The van der Waals surface area contributed by atoms with Crippen LogP contribution >= 0.6 is 11.6 Å². The Kier molecular flexibility index (Phi) is 4.19. The van der Waals surface area contributed by atoms with Crippen molar-refractivity contribution in [2.24, 2.45) is 0 Å². The lowest BCUT2D eigenvalue weighted by Gasteiger charge is -2.15. The largest absolute Gasteiger partial charge is 0.325 e. The van der Waals surface area contributed by atoms with Crippen LogP contribution in [0, 0.1) is 11.3 Å². The second-order valence-corrected chi connectivity index (χ2v) is 5.87. The Hall–Kier alpha value is -2.91. The number of aromatic amines is 1. The zero-order valence-electron chi connectivity index (χ0n) is 12.5.